The number of esters is 1. The lowest BCUT2D eigenvalue weighted by atomic mass is 10.1. The van der Waals surface area contributed by atoms with Gasteiger partial charge in [0.05, 0.1) is 13.7 Å². The number of carbonyl (C=O) groups excluding carboxylic acids is 2. The molecule has 0 bridgehead atoms. The SMILES string of the molecule is CCOC(=O)CC(=O)/C=C/c1ccc(O[Si](C)(C)C(C)(C)C)c(OC)c1. The van der Waals surface area contributed by atoms with Crippen molar-refractivity contribution in [3.63, 3.8) is 0 Å². The van der Waals surface area contributed by atoms with Crippen molar-refractivity contribution in [2.45, 2.75) is 52.2 Å². The second-order valence-corrected chi connectivity index (χ2v) is 12.3. The zero-order chi connectivity index (χ0) is 20.0. The molecule has 0 heterocycles. The molecule has 1 rings (SSSR count). The molecule has 0 aromatic heterocycles. The maximum atomic E-state index is 11.8. The topological polar surface area (TPSA) is 61.8 Å². The second-order valence-electron chi connectivity index (χ2n) is 7.55. The Labute approximate surface area is 157 Å². The summed E-state index contributed by atoms with van der Waals surface area (Å²) in [6.07, 6.45) is 2.77. The highest BCUT2D eigenvalue weighted by Crippen LogP contribution is 2.40. The zero-order valence-corrected chi connectivity index (χ0v) is 17.8. The van der Waals surface area contributed by atoms with Crippen LogP contribution < -0.4 is 9.16 Å². The summed E-state index contributed by atoms with van der Waals surface area (Å²) in [6.45, 7) is 12.9. The van der Waals surface area contributed by atoms with Crippen LogP contribution in [0.25, 0.3) is 6.08 Å². The predicted octanol–water partition coefficient (Wildman–Crippen LogP) is 4.61. The van der Waals surface area contributed by atoms with Gasteiger partial charge < -0.3 is 13.9 Å². The van der Waals surface area contributed by atoms with Gasteiger partial charge in [0.2, 0.25) is 0 Å². The maximum absolute atomic E-state index is 11.8. The number of ketones is 1. The smallest absolute Gasteiger partial charge is 0.313 e. The van der Waals surface area contributed by atoms with E-state index in [0.29, 0.717) is 11.5 Å². The van der Waals surface area contributed by atoms with Gasteiger partial charge in [-0.15, -0.1) is 0 Å². The van der Waals surface area contributed by atoms with Crippen LogP contribution in [0.1, 0.15) is 39.7 Å². The van der Waals surface area contributed by atoms with Gasteiger partial charge in [0, 0.05) is 0 Å². The number of rotatable bonds is 8. The number of hydrogen-bond acceptors (Lipinski definition) is 5. The average molecular weight is 379 g/mol. The van der Waals surface area contributed by atoms with Crippen molar-refractivity contribution in [3.05, 3.63) is 29.8 Å². The van der Waals surface area contributed by atoms with Gasteiger partial charge in [0.1, 0.15) is 12.2 Å². The van der Waals surface area contributed by atoms with E-state index in [-0.39, 0.29) is 23.8 Å². The van der Waals surface area contributed by atoms with Crippen LogP contribution in [0.3, 0.4) is 0 Å². The number of ether oxygens (including phenoxy) is 2. The highest BCUT2D eigenvalue weighted by atomic mass is 28.4. The Morgan fingerprint density at radius 1 is 1.15 bits per heavy atom. The van der Waals surface area contributed by atoms with E-state index in [1.807, 2.05) is 18.2 Å². The van der Waals surface area contributed by atoms with Gasteiger partial charge in [-0.05, 0) is 48.8 Å². The minimum Gasteiger partial charge on any atom is -0.541 e. The third-order valence-electron chi connectivity index (χ3n) is 4.44. The Bertz CT molecular complexity index is 671. The molecule has 6 heteroatoms. The Balaban J connectivity index is 2.90. The molecular weight excluding hydrogens is 348 g/mol. The fourth-order valence-electron chi connectivity index (χ4n) is 1.90. The fourth-order valence-corrected chi connectivity index (χ4v) is 2.93. The number of methoxy groups -OCH3 is 1. The second kappa shape index (κ2) is 9.03. The van der Waals surface area contributed by atoms with E-state index in [4.69, 9.17) is 13.9 Å². The van der Waals surface area contributed by atoms with E-state index in [9.17, 15) is 9.59 Å². The van der Waals surface area contributed by atoms with Crippen LogP contribution in [0.2, 0.25) is 18.1 Å². The lowest BCUT2D eigenvalue weighted by Crippen LogP contribution is -2.43. The van der Waals surface area contributed by atoms with Crippen molar-refractivity contribution in [2.75, 3.05) is 13.7 Å². The quantitative estimate of drug-likeness (QED) is 0.286. The molecule has 1 aromatic rings. The number of hydrogen-bond donors (Lipinski definition) is 0. The van der Waals surface area contributed by atoms with Crippen molar-refractivity contribution >= 4 is 26.1 Å². The number of allylic oxidation sites excluding steroid dienone is 1. The Morgan fingerprint density at radius 3 is 2.35 bits per heavy atom. The molecule has 0 amide bonds. The normalized spacial score (nSPS) is 12.1. The highest BCUT2D eigenvalue weighted by molar-refractivity contribution is 6.74. The molecule has 0 saturated carbocycles. The van der Waals surface area contributed by atoms with Crippen LogP contribution in [0.15, 0.2) is 24.3 Å². The first-order valence-corrected chi connectivity index (χ1v) is 11.6. The summed E-state index contributed by atoms with van der Waals surface area (Å²) in [5.74, 6) is 0.505. The van der Waals surface area contributed by atoms with Gasteiger partial charge in [-0.1, -0.05) is 32.9 Å². The summed E-state index contributed by atoms with van der Waals surface area (Å²) in [5, 5.41) is 0.0795. The third-order valence-corrected chi connectivity index (χ3v) is 8.79. The molecule has 0 spiro atoms. The Morgan fingerprint density at radius 2 is 1.81 bits per heavy atom. The molecule has 0 unspecified atom stereocenters. The van der Waals surface area contributed by atoms with E-state index in [1.165, 1.54) is 6.08 Å². The van der Waals surface area contributed by atoms with Crippen LogP contribution in [-0.4, -0.2) is 33.8 Å². The molecule has 0 fully saturated rings. The molecule has 0 N–H and O–H groups in total. The van der Waals surface area contributed by atoms with E-state index in [2.05, 4.69) is 33.9 Å². The Hall–Kier alpha value is -2.08. The fraction of sp³-hybridized carbons (Fsp3) is 0.500. The molecule has 26 heavy (non-hydrogen) atoms. The van der Waals surface area contributed by atoms with Crippen molar-refractivity contribution in [1.29, 1.82) is 0 Å². The van der Waals surface area contributed by atoms with Crippen LogP contribution >= 0.6 is 0 Å². The summed E-state index contributed by atoms with van der Waals surface area (Å²) in [6, 6.07) is 5.53. The van der Waals surface area contributed by atoms with Crippen molar-refractivity contribution in [1.82, 2.24) is 0 Å². The molecule has 0 atom stereocenters. The first-order chi connectivity index (χ1) is 12.0. The van der Waals surface area contributed by atoms with Gasteiger partial charge in [-0.2, -0.15) is 0 Å². The monoisotopic (exact) mass is 378 g/mol. The average Bonchev–Trinajstić information content (AvgIpc) is 2.52. The molecule has 0 saturated heterocycles. The first-order valence-electron chi connectivity index (χ1n) is 8.73. The molecule has 5 nitrogen and oxygen atoms in total. The summed E-state index contributed by atoms with van der Waals surface area (Å²) in [5.41, 5.74) is 0.793. The lowest BCUT2D eigenvalue weighted by Gasteiger charge is -2.36. The van der Waals surface area contributed by atoms with E-state index in [0.717, 1.165) is 5.56 Å². The third kappa shape index (κ3) is 6.33. The summed E-state index contributed by atoms with van der Waals surface area (Å²) in [7, 11) is -0.386. The summed E-state index contributed by atoms with van der Waals surface area (Å²) in [4.78, 5) is 23.1. The standard InChI is InChI=1S/C20H30O5Si/c1-8-24-19(22)14-16(21)11-9-15-10-12-17(18(13-15)23-5)25-26(6,7)20(2,3)4/h9-13H,8,14H2,1-7H3/b11-9+. The minimum atomic E-state index is -1.98. The predicted molar refractivity (Wildman–Crippen MR) is 106 cm³/mol. The van der Waals surface area contributed by atoms with Gasteiger partial charge >= 0.3 is 5.97 Å². The van der Waals surface area contributed by atoms with Gasteiger partial charge in [-0.25, -0.2) is 0 Å². The first kappa shape index (κ1) is 22.0. The largest absolute Gasteiger partial charge is 0.541 e. The number of benzene rings is 1. The van der Waals surface area contributed by atoms with Crippen molar-refractivity contribution in [3.8, 4) is 11.5 Å². The molecular formula is C20H30O5Si. The molecule has 0 aliphatic rings. The van der Waals surface area contributed by atoms with Crippen molar-refractivity contribution < 1.29 is 23.5 Å². The molecule has 0 aliphatic carbocycles. The summed E-state index contributed by atoms with van der Waals surface area (Å²) >= 11 is 0. The van der Waals surface area contributed by atoms with Crippen LogP contribution in [0.5, 0.6) is 11.5 Å². The minimum absolute atomic E-state index is 0.0795. The molecule has 0 aliphatic heterocycles. The van der Waals surface area contributed by atoms with Crippen molar-refractivity contribution in [2.24, 2.45) is 0 Å². The molecule has 0 radical (unpaired) electrons. The number of carbonyl (C=O) groups is 2. The van der Waals surface area contributed by atoms with E-state index < -0.39 is 14.3 Å². The maximum Gasteiger partial charge on any atom is 0.313 e. The van der Waals surface area contributed by atoms with E-state index >= 15 is 0 Å². The lowest BCUT2D eigenvalue weighted by molar-refractivity contribution is -0.144. The van der Waals surface area contributed by atoms with Gasteiger partial charge in [-0.3, -0.25) is 9.59 Å². The van der Waals surface area contributed by atoms with E-state index in [1.54, 1.807) is 20.1 Å². The van der Waals surface area contributed by atoms with Gasteiger partial charge in [0.15, 0.2) is 11.5 Å². The Kier molecular flexibility index (Phi) is 7.63. The molecule has 1 aromatic carbocycles. The van der Waals surface area contributed by atoms with Crippen LogP contribution in [0, 0.1) is 0 Å². The van der Waals surface area contributed by atoms with Gasteiger partial charge in [0.25, 0.3) is 8.32 Å². The van der Waals surface area contributed by atoms with Crippen LogP contribution in [0.4, 0.5) is 0 Å². The van der Waals surface area contributed by atoms with Crippen LogP contribution in [-0.2, 0) is 14.3 Å². The summed E-state index contributed by atoms with van der Waals surface area (Å²) < 4.78 is 16.5. The molecule has 144 valence electrons. The zero-order valence-electron chi connectivity index (χ0n) is 16.8. The highest BCUT2D eigenvalue weighted by Gasteiger charge is 2.39.